The first-order chi connectivity index (χ1) is 29.8. The van der Waals surface area contributed by atoms with Gasteiger partial charge < -0.3 is 0 Å². The summed E-state index contributed by atoms with van der Waals surface area (Å²) in [5, 5.41) is 8.57. The first kappa shape index (κ1) is 48.3. The van der Waals surface area contributed by atoms with Crippen LogP contribution in [0.4, 0.5) is 0 Å². The van der Waals surface area contributed by atoms with Crippen molar-refractivity contribution in [2.45, 2.75) is 19.3 Å². The van der Waals surface area contributed by atoms with Crippen molar-refractivity contribution in [2.24, 2.45) is 0 Å². The molecule has 0 fully saturated rings. The summed E-state index contributed by atoms with van der Waals surface area (Å²) < 4.78 is 0. The van der Waals surface area contributed by atoms with Gasteiger partial charge in [-0.1, -0.05) is 83.9 Å². The average Bonchev–Trinajstić information content (AvgIpc) is 3.49. The number of hydrogen-bond donors (Lipinski definition) is 0. The van der Waals surface area contributed by atoms with E-state index in [0.29, 0.717) is 0 Å². The zero-order valence-electron chi connectivity index (χ0n) is 44.4. The highest BCUT2D eigenvalue weighted by molar-refractivity contribution is 6.75. The molecule has 0 aromatic heterocycles. The Morgan fingerprint density at radius 3 is 1.23 bits per heavy atom. The first-order valence-electron chi connectivity index (χ1n) is 23.9. The van der Waals surface area contributed by atoms with Gasteiger partial charge in [0.2, 0.25) is 0 Å². The highest BCUT2D eigenvalue weighted by atomic mass is 14.3. The zero-order chi connectivity index (χ0) is 47.8. The van der Waals surface area contributed by atoms with Crippen LogP contribution in [0.15, 0.2) is 21.9 Å². The van der Waals surface area contributed by atoms with E-state index in [-0.39, 0.29) is 5.92 Å². The quantitative estimate of drug-likeness (QED) is 0.0926. The maximum absolute atomic E-state index is 6.46. The van der Waals surface area contributed by atoms with Gasteiger partial charge in [0.25, 0.3) is 0 Å². The van der Waals surface area contributed by atoms with Crippen molar-refractivity contribution in [3.8, 4) is 23.5 Å². The van der Waals surface area contributed by atoms with Crippen LogP contribution < -0.4 is 98.3 Å². The SMILES string of the molecule is BC1=C(B)C(C)c2c1c(C/C(B)=C(B)\C(=C(\B)C#C)c1c(B)c(B)c3c(B)c(B)c(B)c(B)c3c1B)c1c(B)c(B)c(B)c(B)c1c2-c1c(B)c(B)c(B)c2c(B)c(B)c(B)c(B)c12. The van der Waals surface area contributed by atoms with E-state index in [1.165, 1.54) is 191 Å². The summed E-state index contributed by atoms with van der Waals surface area (Å²) in [5.74, 6) is 3.44. The fraction of sp³-hybridized carbons (Fsp3) is 0.0732. The molecule has 1 aliphatic rings. The van der Waals surface area contributed by atoms with Crippen molar-refractivity contribution >= 4 is 322 Å². The predicted octanol–water partition coefficient (Wildman–Crippen LogP) is -25.8. The van der Waals surface area contributed by atoms with Gasteiger partial charge in [-0.05, 0) is 89.1 Å². The van der Waals surface area contributed by atoms with Gasteiger partial charge in [0.05, 0.1) is 0 Å². The molecule has 0 N–H and O–H groups in total. The molecular formula is C41H53B23. The highest BCUT2D eigenvalue weighted by Crippen LogP contribution is 2.49. The van der Waals surface area contributed by atoms with Gasteiger partial charge in [-0.3, -0.25) is 0 Å². The smallest absolute Gasteiger partial charge is 0.116 e. The van der Waals surface area contributed by atoms with Gasteiger partial charge in [-0.2, -0.15) is 0 Å². The lowest BCUT2D eigenvalue weighted by Crippen LogP contribution is -2.52. The maximum atomic E-state index is 6.46. The van der Waals surface area contributed by atoms with Crippen LogP contribution >= 0.6 is 0 Å². The van der Waals surface area contributed by atoms with E-state index in [2.05, 4.69) is 193 Å². The van der Waals surface area contributed by atoms with Crippen molar-refractivity contribution in [3.05, 3.63) is 44.1 Å². The van der Waals surface area contributed by atoms with Gasteiger partial charge in [0.15, 0.2) is 7.85 Å². The topological polar surface area (TPSA) is 0 Å². The van der Waals surface area contributed by atoms with Crippen molar-refractivity contribution in [3.63, 3.8) is 0 Å². The molecule has 0 saturated carbocycles. The second-order valence-electron chi connectivity index (χ2n) is 20.6. The van der Waals surface area contributed by atoms with Crippen molar-refractivity contribution < 1.29 is 0 Å². The second kappa shape index (κ2) is 16.9. The van der Waals surface area contributed by atoms with Crippen LogP contribution in [0.2, 0.25) is 0 Å². The first-order valence-corrected chi connectivity index (χ1v) is 23.9. The summed E-state index contributed by atoms with van der Waals surface area (Å²) in [4.78, 5) is 0. The summed E-state index contributed by atoms with van der Waals surface area (Å²) in [7, 11) is 54.0. The number of benzene rings is 6. The number of hydrogen-bond acceptors (Lipinski definition) is 0. The molecule has 0 bridgehead atoms. The Morgan fingerprint density at radius 1 is 0.422 bits per heavy atom. The lowest BCUT2D eigenvalue weighted by atomic mass is 9.57. The fourth-order valence-corrected chi connectivity index (χ4v) is 12.6. The molecular weight excluding hydrogens is 741 g/mol. The van der Waals surface area contributed by atoms with Crippen LogP contribution in [0.3, 0.4) is 0 Å². The number of allylic oxidation sites excluding steroid dienone is 5. The number of fused-ring (bicyclic) bond motifs is 4. The zero-order valence-corrected chi connectivity index (χ0v) is 44.4. The number of rotatable bonds is 5. The van der Waals surface area contributed by atoms with Crippen LogP contribution in [0.1, 0.15) is 35.1 Å². The van der Waals surface area contributed by atoms with Crippen molar-refractivity contribution in [1.82, 2.24) is 0 Å². The highest BCUT2D eigenvalue weighted by Gasteiger charge is 2.34. The van der Waals surface area contributed by atoms with Crippen LogP contribution in [0.25, 0.3) is 54.5 Å². The van der Waals surface area contributed by atoms with E-state index in [4.69, 9.17) is 6.42 Å². The predicted molar refractivity (Wildman–Crippen MR) is 363 cm³/mol. The van der Waals surface area contributed by atoms with E-state index in [1.807, 2.05) is 0 Å². The average molecular weight is 795 g/mol. The Kier molecular flexibility index (Phi) is 12.8. The summed E-state index contributed by atoms with van der Waals surface area (Å²) in [6.07, 6.45) is 7.30. The largest absolute Gasteiger partial charge is 0.151 e. The summed E-state index contributed by atoms with van der Waals surface area (Å²) >= 11 is 0. The minimum atomic E-state index is 0.285. The molecule has 0 saturated heterocycles. The van der Waals surface area contributed by atoms with Gasteiger partial charge in [0.1, 0.15) is 173 Å². The van der Waals surface area contributed by atoms with Crippen molar-refractivity contribution in [1.29, 1.82) is 0 Å². The Bertz CT molecular complexity index is 3340. The van der Waals surface area contributed by atoms with E-state index in [9.17, 15) is 0 Å². The molecule has 0 nitrogen and oxygen atoms in total. The second-order valence-corrected chi connectivity index (χ2v) is 20.6. The van der Waals surface area contributed by atoms with Gasteiger partial charge in [-0.25, -0.2) is 0 Å². The third kappa shape index (κ3) is 6.62. The molecule has 1 unspecified atom stereocenters. The standard InChI is InChI=1S/C41H53B23/c1-3-7(42)12(17-23(46)19-20(30(53)29(17)52)34(57)41(64)40(63)33(19)56)22(45)8(43)4-6-10-9(5(2)21(44)24(10)47)13(14-11(6)25(48)36(59)37(60)26(14)49)15-16-18(31(54)35(58)27(15)50)32(55)39(62)38(61)28(16)51/h1,5H,4,42-64H2,2H3/b12-7+,22-8-. The Balaban J connectivity index is 1.66. The molecule has 0 aliphatic heterocycles. The Morgan fingerprint density at radius 2 is 0.781 bits per heavy atom. The fourth-order valence-electron chi connectivity index (χ4n) is 12.6. The molecule has 23 heteroatoms. The monoisotopic (exact) mass is 799 g/mol. The third-order valence-electron chi connectivity index (χ3n) is 18.2. The third-order valence-corrected chi connectivity index (χ3v) is 18.2. The minimum Gasteiger partial charge on any atom is -0.116 e. The molecule has 0 heterocycles. The van der Waals surface area contributed by atoms with Crippen LogP contribution in [0, 0.1) is 12.3 Å². The van der Waals surface area contributed by atoms with E-state index in [0.717, 1.165) is 11.9 Å². The van der Waals surface area contributed by atoms with E-state index in [1.54, 1.807) is 0 Å². The summed E-state index contributed by atoms with van der Waals surface area (Å²) in [5.41, 5.74) is 41.6. The molecule has 6 aromatic carbocycles. The lowest BCUT2D eigenvalue weighted by molar-refractivity contribution is 0.973. The van der Waals surface area contributed by atoms with Crippen LogP contribution in [0.5, 0.6) is 0 Å². The molecule has 0 amide bonds. The van der Waals surface area contributed by atoms with Crippen LogP contribution in [-0.2, 0) is 6.42 Å². The molecule has 7 rings (SSSR count). The normalized spacial score (nSPS) is 14.5. The Hall–Kier alpha value is -3.63. The van der Waals surface area contributed by atoms with Crippen LogP contribution in [-0.4, -0.2) is 180 Å². The maximum Gasteiger partial charge on any atom is 0.151 e. The van der Waals surface area contributed by atoms with E-state index < -0.39 is 0 Å². The molecule has 1 aliphatic carbocycles. The van der Waals surface area contributed by atoms with Gasteiger partial charge >= 0.3 is 0 Å². The number of terminal acetylenes is 1. The summed E-state index contributed by atoms with van der Waals surface area (Å²) in [6.45, 7) is 2.48. The molecule has 0 spiro atoms. The molecule has 0 radical (unpaired) electrons. The summed E-state index contributed by atoms with van der Waals surface area (Å²) in [6, 6.07) is 0. The minimum absolute atomic E-state index is 0.285. The van der Waals surface area contributed by atoms with Gasteiger partial charge in [0, 0.05) is 0 Å². The molecule has 6 aromatic rings. The van der Waals surface area contributed by atoms with Gasteiger partial charge in [-0.15, -0.1) is 55.6 Å². The lowest BCUT2D eigenvalue weighted by Gasteiger charge is -2.31. The molecule has 1 atom stereocenters. The van der Waals surface area contributed by atoms with Crippen molar-refractivity contribution in [2.75, 3.05) is 0 Å². The molecule has 286 valence electrons. The Labute approximate surface area is 406 Å². The molecule has 64 heavy (non-hydrogen) atoms. The van der Waals surface area contributed by atoms with E-state index >= 15 is 0 Å².